The first-order valence-electron chi connectivity index (χ1n) is 6.43. The fraction of sp³-hybridized carbons (Fsp3) is 0.462. The van der Waals surface area contributed by atoms with Crippen molar-refractivity contribution in [1.82, 2.24) is 15.3 Å². The zero-order chi connectivity index (χ0) is 13.2. The van der Waals surface area contributed by atoms with Gasteiger partial charge in [0.05, 0.1) is 6.10 Å². The van der Waals surface area contributed by atoms with Gasteiger partial charge in [0, 0.05) is 12.2 Å². The second-order valence-electron chi connectivity index (χ2n) is 4.83. The van der Waals surface area contributed by atoms with Crippen LogP contribution in [0.5, 0.6) is 0 Å². The number of hydrogen-bond donors (Lipinski definition) is 2. The molecule has 2 N–H and O–H groups in total. The molecule has 0 radical (unpaired) electrons. The number of carbonyl (C=O) groups is 1. The number of carbonyl (C=O) groups excluding carboxylic acids is 1. The molecule has 0 saturated heterocycles. The predicted octanol–water partition coefficient (Wildman–Crippen LogP) is 1.72. The van der Waals surface area contributed by atoms with Gasteiger partial charge in [-0.25, -0.2) is 9.97 Å². The number of pyridine rings is 1. The van der Waals surface area contributed by atoms with E-state index in [1.54, 1.807) is 6.20 Å². The third-order valence-electron chi connectivity index (χ3n) is 3.39. The van der Waals surface area contributed by atoms with Crippen LogP contribution < -0.4 is 5.32 Å². The Bertz CT molecular complexity index is 557. The summed E-state index contributed by atoms with van der Waals surface area (Å²) in [5.74, 6) is -0.135. The average molecular weight is 277 g/mol. The molecule has 0 aromatic carbocycles. The Morgan fingerprint density at radius 2 is 2.16 bits per heavy atom. The zero-order valence-corrected chi connectivity index (χ0v) is 11.2. The number of rotatable bonds is 2. The lowest BCUT2D eigenvalue weighted by Crippen LogP contribution is -2.38. The van der Waals surface area contributed by atoms with E-state index in [0.717, 1.165) is 36.0 Å². The van der Waals surface area contributed by atoms with Gasteiger partial charge in [-0.15, -0.1) is 0 Å². The van der Waals surface area contributed by atoms with Crippen LogP contribution in [0.2, 0.25) is 0 Å². The van der Waals surface area contributed by atoms with Crippen LogP contribution in [0.25, 0.3) is 10.3 Å². The Kier molecular flexibility index (Phi) is 3.44. The lowest BCUT2D eigenvalue weighted by Gasteiger charge is -2.25. The number of nitrogens with one attached hydrogen (secondary N) is 1. The molecule has 19 heavy (non-hydrogen) atoms. The maximum atomic E-state index is 12.1. The highest BCUT2D eigenvalue weighted by atomic mass is 32.1. The summed E-state index contributed by atoms with van der Waals surface area (Å²) in [5.41, 5.74) is 0.761. The molecule has 2 aromatic heterocycles. The quantitative estimate of drug-likeness (QED) is 0.876. The van der Waals surface area contributed by atoms with E-state index in [4.69, 9.17) is 0 Å². The van der Waals surface area contributed by atoms with E-state index in [2.05, 4.69) is 15.3 Å². The van der Waals surface area contributed by atoms with Crippen LogP contribution >= 0.6 is 11.3 Å². The summed E-state index contributed by atoms with van der Waals surface area (Å²) < 4.78 is 0. The molecule has 1 amide bonds. The van der Waals surface area contributed by atoms with Gasteiger partial charge in [0.2, 0.25) is 0 Å². The standard InChI is InChI=1S/C13H15N3O2S/c17-9-5-3-8(4-6-9)15-11(18)13-16-10-2-1-7-14-12(10)19-13/h1-2,7-9,17H,3-6H2,(H,15,18). The van der Waals surface area contributed by atoms with Gasteiger partial charge in [0.1, 0.15) is 10.3 Å². The molecule has 2 heterocycles. The van der Waals surface area contributed by atoms with Gasteiger partial charge in [-0.05, 0) is 37.8 Å². The molecule has 3 rings (SSSR count). The van der Waals surface area contributed by atoms with E-state index in [1.807, 2.05) is 12.1 Å². The Hall–Kier alpha value is -1.53. The molecule has 100 valence electrons. The van der Waals surface area contributed by atoms with Gasteiger partial charge < -0.3 is 10.4 Å². The molecule has 5 nitrogen and oxygen atoms in total. The second-order valence-corrected chi connectivity index (χ2v) is 5.80. The number of hydrogen-bond acceptors (Lipinski definition) is 5. The molecule has 0 bridgehead atoms. The van der Waals surface area contributed by atoms with Gasteiger partial charge in [-0.1, -0.05) is 11.3 Å². The predicted molar refractivity (Wildman–Crippen MR) is 73.1 cm³/mol. The largest absolute Gasteiger partial charge is 0.393 e. The third kappa shape index (κ3) is 2.74. The van der Waals surface area contributed by atoms with Crippen molar-refractivity contribution in [3.05, 3.63) is 23.3 Å². The number of aliphatic hydroxyl groups is 1. The molecule has 0 spiro atoms. The summed E-state index contributed by atoms with van der Waals surface area (Å²) in [6, 6.07) is 3.81. The van der Waals surface area contributed by atoms with Gasteiger partial charge in [0.25, 0.3) is 5.91 Å². The summed E-state index contributed by atoms with van der Waals surface area (Å²) in [4.78, 5) is 21.4. The van der Waals surface area contributed by atoms with Gasteiger partial charge in [-0.3, -0.25) is 4.79 Å². The molecule has 6 heteroatoms. The summed E-state index contributed by atoms with van der Waals surface area (Å²) in [6.45, 7) is 0. The van der Waals surface area contributed by atoms with Crippen molar-refractivity contribution in [2.45, 2.75) is 37.8 Å². The lowest BCUT2D eigenvalue weighted by atomic mass is 9.93. The highest BCUT2D eigenvalue weighted by molar-refractivity contribution is 7.19. The molecule has 1 aliphatic rings. The van der Waals surface area contributed by atoms with E-state index in [9.17, 15) is 9.90 Å². The van der Waals surface area contributed by atoms with Crippen LogP contribution in [0.4, 0.5) is 0 Å². The van der Waals surface area contributed by atoms with Crippen molar-refractivity contribution in [2.75, 3.05) is 0 Å². The number of amides is 1. The number of thiazole rings is 1. The summed E-state index contributed by atoms with van der Waals surface area (Å²) in [6.07, 6.45) is 4.66. The molecule has 2 aromatic rings. The van der Waals surface area contributed by atoms with Crippen molar-refractivity contribution >= 4 is 27.6 Å². The summed E-state index contributed by atoms with van der Waals surface area (Å²) in [7, 11) is 0. The molecule has 1 aliphatic carbocycles. The number of fused-ring (bicyclic) bond motifs is 1. The van der Waals surface area contributed by atoms with Gasteiger partial charge in [0.15, 0.2) is 5.01 Å². The average Bonchev–Trinajstić information content (AvgIpc) is 2.85. The SMILES string of the molecule is O=C(NC1CCC(O)CC1)c1nc2cccnc2s1. The van der Waals surface area contributed by atoms with Crippen LogP contribution in [-0.4, -0.2) is 33.1 Å². The Labute approximate surface area is 114 Å². The maximum Gasteiger partial charge on any atom is 0.280 e. The van der Waals surface area contributed by atoms with Crippen molar-refractivity contribution in [2.24, 2.45) is 0 Å². The summed E-state index contributed by atoms with van der Waals surface area (Å²) >= 11 is 1.31. The Balaban J connectivity index is 1.70. The number of aliphatic hydroxyl groups excluding tert-OH is 1. The second kappa shape index (κ2) is 5.22. The zero-order valence-electron chi connectivity index (χ0n) is 10.4. The van der Waals surface area contributed by atoms with Crippen molar-refractivity contribution in [3.63, 3.8) is 0 Å². The van der Waals surface area contributed by atoms with Crippen molar-refractivity contribution in [1.29, 1.82) is 0 Å². The fourth-order valence-electron chi connectivity index (χ4n) is 2.33. The van der Waals surface area contributed by atoms with E-state index in [1.165, 1.54) is 11.3 Å². The van der Waals surface area contributed by atoms with E-state index in [-0.39, 0.29) is 18.1 Å². The van der Waals surface area contributed by atoms with Crippen molar-refractivity contribution < 1.29 is 9.90 Å². The molecule has 0 unspecified atom stereocenters. The first-order valence-corrected chi connectivity index (χ1v) is 7.24. The molecule has 1 saturated carbocycles. The van der Waals surface area contributed by atoms with E-state index >= 15 is 0 Å². The Morgan fingerprint density at radius 1 is 1.37 bits per heavy atom. The number of aromatic nitrogens is 2. The number of nitrogens with zero attached hydrogens (tertiary/aromatic N) is 2. The topological polar surface area (TPSA) is 75.1 Å². The first-order chi connectivity index (χ1) is 9.22. The highest BCUT2D eigenvalue weighted by Gasteiger charge is 2.22. The van der Waals surface area contributed by atoms with Gasteiger partial charge >= 0.3 is 0 Å². The molecular weight excluding hydrogens is 262 g/mol. The highest BCUT2D eigenvalue weighted by Crippen LogP contribution is 2.21. The minimum absolute atomic E-state index is 0.135. The summed E-state index contributed by atoms with van der Waals surface area (Å²) in [5, 5.41) is 12.9. The third-order valence-corrected chi connectivity index (χ3v) is 4.37. The lowest BCUT2D eigenvalue weighted by molar-refractivity contribution is 0.0867. The van der Waals surface area contributed by atoms with Crippen molar-refractivity contribution in [3.8, 4) is 0 Å². The first kappa shape index (κ1) is 12.5. The van der Waals surface area contributed by atoms with Crippen LogP contribution in [0.15, 0.2) is 18.3 Å². The van der Waals surface area contributed by atoms with Crippen LogP contribution in [-0.2, 0) is 0 Å². The van der Waals surface area contributed by atoms with E-state index < -0.39 is 0 Å². The minimum atomic E-state index is -0.209. The smallest absolute Gasteiger partial charge is 0.280 e. The Morgan fingerprint density at radius 3 is 2.89 bits per heavy atom. The van der Waals surface area contributed by atoms with Crippen LogP contribution in [0.3, 0.4) is 0 Å². The molecular formula is C13H15N3O2S. The minimum Gasteiger partial charge on any atom is -0.393 e. The molecule has 0 aliphatic heterocycles. The van der Waals surface area contributed by atoms with E-state index in [0.29, 0.717) is 5.01 Å². The van der Waals surface area contributed by atoms with Crippen LogP contribution in [0.1, 0.15) is 35.5 Å². The normalized spacial score (nSPS) is 23.4. The molecule has 1 fully saturated rings. The van der Waals surface area contributed by atoms with Gasteiger partial charge in [-0.2, -0.15) is 0 Å². The monoisotopic (exact) mass is 277 g/mol. The fourth-order valence-corrected chi connectivity index (χ4v) is 3.14. The molecule has 0 atom stereocenters. The van der Waals surface area contributed by atoms with Crippen LogP contribution in [0, 0.1) is 0 Å². The maximum absolute atomic E-state index is 12.1.